The molecule has 1 heterocycles. The lowest BCUT2D eigenvalue weighted by Crippen LogP contribution is -2.27. The van der Waals surface area contributed by atoms with Gasteiger partial charge in [0.1, 0.15) is 12.4 Å². The molecule has 3 aromatic rings. The molecule has 0 unspecified atom stereocenters. The van der Waals surface area contributed by atoms with Crippen LogP contribution in [0.2, 0.25) is 0 Å². The third-order valence-corrected chi connectivity index (χ3v) is 6.32. The minimum atomic E-state index is -4.54. The third kappa shape index (κ3) is 5.66. The normalized spacial score (nSPS) is 15.1. The Kier molecular flexibility index (Phi) is 7.13. The van der Waals surface area contributed by atoms with Gasteiger partial charge in [-0.1, -0.05) is 48.2 Å². The van der Waals surface area contributed by atoms with Crippen LogP contribution in [0.1, 0.15) is 16.7 Å². The van der Waals surface area contributed by atoms with Crippen molar-refractivity contribution in [3.63, 3.8) is 0 Å². The molecular formula is C25H17F4NO3S2. The molecule has 10 heteroatoms. The minimum Gasteiger partial charge on any atom is -0.493 e. The quantitative estimate of drug-likeness (QED) is 0.203. The van der Waals surface area contributed by atoms with E-state index in [2.05, 4.69) is 0 Å². The highest BCUT2D eigenvalue weighted by Crippen LogP contribution is 2.39. The summed E-state index contributed by atoms with van der Waals surface area (Å²) in [5, 5.41) is 0. The van der Waals surface area contributed by atoms with E-state index in [-0.39, 0.29) is 27.3 Å². The van der Waals surface area contributed by atoms with E-state index in [1.54, 1.807) is 36.4 Å². The van der Waals surface area contributed by atoms with Crippen LogP contribution in [0.15, 0.2) is 71.6 Å². The van der Waals surface area contributed by atoms with Crippen molar-refractivity contribution < 1.29 is 31.8 Å². The van der Waals surface area contributed by atoms with Crippen LogP contribution in [0.4, 0.5) is 23.2 Å². The lowest BCUT2D eigenvalue weighted by atomic mass is 10.1. The van der Waals surface area contributed by atoms with Crippen molar-refractivity contribution in [1.29, 1.82) is 0 Å². The molecule has 4 rings (SSSR count). The van der Waals surface area contributed by atoms with E-state index < -0.39 is 17.6 Å². The van der Waals surface area contributed by atoms with Crippen molar-refractivity contribution in [1.82, 2.24) is 0 Å². The molecule has 180 valence electrons. The van der Waals surface area contributed by atoms with Gasteiger partial charge in [-0.3, -0.25) is 9.69 Å². The van der Waals surface area contributed by atoms with Gasteiger partial charge in [-0.25, -0.2) is 4.39 Å². The van der Waals surface area contributed by atoms with Crippen LogP contribution < -0.4 is 14.4 Å². The van der Waals surface area contributed by atoms with Crippen molar-refractivity contribution in [3.8, 4) is 11.5 Å². The molecule has 1 aliphatic heterocycles. The van der Waals surface area contributed by atoms with Crippen molar-refractivity contribution in [2.75, 3.05) is 12.0 Å². The predicted octanol–water partition coefficient (Wildman–Crippen LogP) is 6.84. The van der Waals surface area contributed by atoms with Gasteiger partial charge in [0.15, 0.2) is 15.8 Å². The monoisotopic (exact) mass is 519 g/mol. The van der Waals surface area contributed by atoms with E-state index in [0.29, 0.717) is 17.1 Å². The Bertz CT molecular complexity index is 1310. The molecule has 0 N–H and O–H groups in total. The van der Waals surface area contributed by atoms with E-state index in [9.17, 15) is 22.4 Å². The van der Waals surface area contributed by atoms with E-state index in [4.69, 9.17) is 21.7 Å². The van der Waals surface area contributed by atoms with Crippen molar-refractivity contribution in [2.45, 2.75) is 12.8 Å². The van der Waals surface area contributed by atoms with Gasteiger partial charge in [0.2, 0.25) is 0 Å². The standard InChI is InChI=1S/C25H17F4NO3S2/c1-32-21-11-16(7-10-20(21)33-14-15-5-8-18(26)9-6-15)12-22-23(31)30(24(34)35-22)19-4-2-3-17(13-19)25(27,28)29/h2-13H,14H2,1H3/b22-12+. The molecule has 1 saturated heterocycles. The molecule has 1 aliphatic rings. The Hall–Kier alpha value is -3.37. The molecule has 0 spiro atoms. The highest BCUT2D eigenvalue weighted by molar-refractivity contribution is 8.27. The maximum absolute atomic E-state index is 13.1. The average molecular weight is 520 g/mol. The molecule has 3 aromatic carbocycles. The van der Waals surface area contributed by atoms with E-state index in [1.165, 1.54) is 31.4 Å². The summed E-state index contributed by atoms with van der Waals surface area (Å²) in [6, 6.07) is 15.4. The van der Waals surface area contributed by atoms with Crippen molar-refractivity contribution in [2.24, 2.45) is 0 Å². The zero-order chi connectivity index (χ0) is 25.2. The fourth-order valence-corrected chi connectivity index (χ4v) is 4.60. The number of ether oxygens (including phenoxy) is 2. The van der Waals surface area contributed by atoms with Crippen LogP contribution in [0, 0.1) is 5.82 Å². The summed E-state index contributed by atoms with van der Waals surface area (Å²) < 4.78 is 63.6. The van der Waals surface area contributed by atoms with Crippen LogP contribution in [0.5, 0.6) is 11.5 Å². The van der Waals surface area contributed by atoms with Crippen molar-refractivity contribution >= 4 is 46.0 Å². The Labute approximate surface area is 208 Å². The molecule has 35 heavy (non-hydrogen) atoms. The van der Waals surface area contributed by atoms with Crippen LogP contribution >= 0.6 is 24.0 Å². The number of benzene rings is 3. The number of carbonyl (C=O) groups is 1. The lowest BCUT2D eigenvalue weighted by Gasteiger charge is -2.16. The zero-order valence-electron chi connectivity index (χ0n) is 18.1. The number of alkyl halides is 3. The first-order chi connectivity index (χ1) is 16.7. The molecule has 1 fully saturated rings. The van der Waals surface area contributed by atoms with Gasteiger partial charge in [-0.05, 0) is 59.7 Å². The number of hydrogen-bond donors (Lipinski definition) is 0. The van der Waals surface area contributed by atoms with Crippen LogP contribution in [-0.4, -0.2) is 17.3 Å². The SMILES string of the molecule is COc1cc(/C=C2/SC(=S)N(c3cccc(C(F)(F)F)c3)C2=O)ccc1OCc1ccc(F)cc1. The van der Waals surface area contributed by atoms with Crippen molar-refractivity contribution in [3.05, 3.63) is 94.1 Å². The largest absolute Gasteiger partial charge is 0.493 e. The summed E-state index contributed by atoms with van der Waals surface area (Å²) >= 11 is 6.26. The summed E-state index contributed by atoms with van der Waals surface area (Å²) in [5.41, 5.74) is 0.568. The Morgan fingerprint density at radius 2 is 1.77 bits per heavy atom. The van der Waals surface area contributed by atoms with Crippen LogP contribution in [-0.2, 0) is 17.6 Å². The second kappa shape index (κ2) is 10.1. The number of hydrogen-bond acceptors (Lipinski definition) is 5. The fraction of sp³-hybridized carbons (Fsp3) is 0.120. The number of rotatable bonds is 6. The minimum absolute atomic E-state index is 0.0489. The van der Waals surface area contributed by atoms with Gasteiger partial charge in [-0.2, -0.15) is 13.2 Å². The van der Waals surface area contributed by atoms with Gasteiger partial charge in [0.25, 0.3) is 5.91 Å². The number of methoxy groups -OCH3 is 1. The van der Waals surface area contributed by atoms with Crippen LogP contribution in [0.3, 0.4) is 0 Å². The second-order valence-electron chi connectivity index (χ2n) is 7.39. The third-order valence-electron chi connectivity index (χ3n) is 5.02. The lowest BCUT2D eigenvalue weighted by molar-refractivity contribution is -0.137. The Morgan fingerprint density at radius 1 is 1.03 bits per heavy atom. The molecule has 0 radical (unpaired) electrons. The maximum atomic E-state index is 13.1. The topological polar surface area (TPSA) is 38.8 Å². The summed E-state index contributed by atoms with van der Waals surface area (Å²) in [6.45, 7) is 0.200. The van der Waals surface area contributed by atoms with E-state index in [1.807, 2.05) is 0 Å². The van der Waals surface area contributed by atoms with E-state index in [0.717, 1.165) is 34.4 Å². The van der Waals surface area contributed by atoms with Gasteiger partial charge in [-0.15, -0.1) is 0 Å². The average Bonchev–Trinajstić information content (AvgIpc) is 3.11. The highest BCUT2D eigenvalue weighted by Gasteiger charge is 2.36. The number of carbonyl (C=O) groups excluding carboxylic acids is 1. The number of amides is 1. The number of nitrogens with zero attached hydrogens (tertiary/aromatic N) is 1. The summed E-state index contributed by atoms with van der Waals surface area (Å²) in [6.07, 6.45) is -2.96. The molecule has 0 atom stereocenters. The molecule has 0 bridgehead atoms. The van der Waals surface area contributed by atoms with Gasteiger partial charge in [0.05, 0.1) is 23.3 Å². The van der Waals surface area contributed by atoms with Gasteiger partial charge >= 0.3 is 6.18 Å². The predicted molar refractivity (Wildman–Crippen MR) is 131 cm³/mol. The highest BCUT2D eigenvalue weighted by atomic mass is 32.2. The number of thioether (sulfide) groups is 1. The second-order valence-corrected chi connectivity index (χ2v) is 9.07. The summed E-state index contributed by atoms with van der Waals surface area (Å²) in [7, 11) is 1.47. The first kappa shape index (κ1) is 24.7. The summed E-state index contributed by atoms with van der Waals surface area (Å²) in [4.78, 5) is 14.3. The van der Waals surface area contributed by atoms with E-state index >= 15 is 0 Å². The first-order valence-electron chi connectivity index (χ1n) is 10.2. The smallest absolute Gasteiger partial charge is 0.416 e. The number of halogens is 4. The number of thiocarbonyl (C=S) groups is 1. The molecule has 0 aliphatic carbocycles. The first-order valence-corrected chi connectivity index (χ1v) is 11.4. The molecular weight excluding hydrogens is 502 g/mol. The molecule has 1 amide bonds. The number of anilines is 1. The molecule has 0 aromatic heterocycles. The molecule has 0 saturated carbocycles. The Morgan fingerprint density at radius 3 is 2.46 bits per heavy atom. The van der Waals surface area contributed by atoms with Gasteiger partial charge in [0, 0.05) is 0 Å². The van der Waals surface area contributed by atoms with Crippen LogP contribution in [0.25, 0.3) is 6.08 Å². The fourth-order valence-electron chi connectivity index (χ4n) is 3.30. The zero-order valence-corrected chi connectivity index (χ0v) is 19.8. The molecule has 4 nitrogen and oxygen atoms in total. The van der Waals surface area contributed by atoms with Gasteiger partial charge < -0.3 is 9.47 Å². The maximum Gasteiger partial charge on any atom is 0.416 e. The Balaban J connectivity index is 1.54. The summed E-state index contributed by atoms with van der Waals surface area (Å²) in [5.74, 6) is 0.00351.